The minimum absolute atomic E-state index is 0.360. The molecule has 1 aromatic heterocycles. The Morgan fingerprint density at radius 3 is 2.71 bits per heavy atom. The van der Waals surface area contributed by atoms with Crippen LogP contribution in [0.5, 0.6) is 0 Å². The smallest absolute Gasteiger partial charge is 0.115 e. The molecular formula is C12H19N3S2. The summed E-state index contributed by atoms with van der Waals surface area (Å²) in [6, 6.07) is 0.360. The highest BCUT2D eigenvalue weighted by atomic mass is 32.2. The van der Waals surface area contributed by atoms with Crippen LogP contribution in [0.1, 0.15) is 24.9 Å². The van der Waals surface area contributed by atoms with Gasteiger partial charge in [0.1, 0.15) is 6.33 Å². The van der Waals surface area contributed by atoms with Crippen LogP contribution in [0.15, 0.2) is 18.7 Å². The summed E-state index contributed by atoms with van der Waals surface area (Å²) in [7, 11) is 2.03. The van der Waals surface area contributed by atoms with E-state index in [1.165, 1.54) is 23.5 Å². The van der Waals surface area contributed by atoms with Crippen LogP contribution in [-0.4, -0.2) is 39.0 Å². The molecule has 2 heterocycles. The zero-order valence-electron chi connectivity index (χ0n) is 10.3. The molecule has 0 radical (unpaired) electrons. The van der Waals surface area contributed by atoms with E-state index in [-0.39, 0.29) is 0 Å². The van der Waals surface area contributed by atoms with Crippen LogP contribution in [0.2, 0.25) is 0 Å². The van der Waals surface area contributed by atoms with Crippen molar-refractivity contribution in [3.63, 3.8) is 0 Å². The molecule has 5 heteroatoms. The number of rotatable bonds is 4. The summed E-state index contributed by atoms with van der Waals surface area (Å²) in [5.41, 5.74) is 1.20. The molecule has 3 unspecified atom stereocenters. The van der Waals surface area contributed by atoms with Crippen LogP contribution in [0.4, 0.5) is 0 Å². The summed E-state index contributed by atoms with van der Waals surface area (Å²) in [6.07, 6.45) is 6.69. The molecular weight excluding hydrogens is 250 g/mol. The van der Waals surface area contributed by atoms with Gasteiger partial charge in [0, 0.05) is 46.0 Å². The molecule has 94 valence electrons. The first kappa shape index (κ1) is 13.2. The summed E-state index contributed by atoms with van der Waals surface area (Å²) in [4.78, 5) is 8.26. The maximum absolute atomic E-state index is 4.13. The quantitative estimate of drug-likeness (QED) is 0.908. The van der Waals surface area contributed by atoms with Gasteiger partial charge in [0.15, 0.2) is 0 Å². The Morgan fingerprint density at radius 1 is 1.35 bits per heavy atom. The molecule has 0 amide bonds. The van der Waals surface area contributed by atoms with Crippen molar-refractivity contribution in [3.05, 3.63) is 24.3 Å². The van der Waals surface area contributed by atoms with Gasteiger partial charge in [-0.15, -0.1) is 0 Å². The Hall–Kier alpha value is -0.260. The molecule has 1 saturated heterocycles. The lowest BCUT2D eigenvalue weighted by Crippen LogP contribution is -2.37. The van der Waals surface area contributed by atoms with Gasteiger partial charge in [0.2, 0.25) is 0 Å². The molecule has 0 aromatic carbocycles. The first-order chi connectivity index (χ1) is 8.36. The third-order valence-corrected chi connectivity index (χ3v) is 6.42. The molecule has 0 aliphatic carbocycles. The van der Waals surface area contributed by atoms with E-state index in [2.05, 4.69) is 45.7 Å². The molecule has 0 saturated carbocycles. The van der Waals surface area contributed by atoms with Crippen molar-refractivity contribution < 1.29 is 0 Å². The van der Waals surface area contributed by atoms with Crippen molar-refractivity contribution in [1.29, 1.82) is 0 Å². The van der Waals surface area contributed by atoms with Crippen molar-refractivity contribution in [1.82, 2.24) is 15.3 Å². The number of hydrogen-bond donors (Lipinski definition) is 1. The van der Waals surface area contributed by atoms with Crippen LogP contribution in [0, 0.1) is 0 Å². The fraction of sp³-hybridized carbons (Fsp3) is 0.667. The number of thioether (sulfide) groups is 2. The van der Waals surface area contributed by atoms with E-state index in [1.54, 1.807) is 6.33 Å². The minimum atomic E-state index is 0.360. The van der Waals surface area contributed by atoms with Gasteiger partial charge in [-0.3, -0.25) is 0 Å². The lowest BCUT2D eigenvalue weighted by molar-refractivity contribution is 0.540. The fourth-order valence-corrected chi connectivity index (χ4v) is 5.53. The highest BCUT2D eigenvalue weighted by Gasteiger charge is 2.32. The van der Waals surface area contributed by atoms with E-state index in [1.807, 2.05) is 19.4 Å². The van der Waals surface area contributed by atoms with Gasteiger partial charge in [-0.05, 0) is 13.5 Å². The minimum Gasteiger partial charge on any atom is -0.312 e. The van der Waals surface area contributed by atoms with Gasteiger partial charge in [-0.25, -0.2) is 9.97 Å². The van der Waals surface area contributed by atoms with Gasteiger partial charge in [-0.1, -0.05) is 6.92 Å². The van der Waals surface area contributed by atoms with Crippen LogP contribution < -0.4 is 5.32 Å². The number of hydrogen-bond acceptors (Lipinski definition) is 5. The maximum atomic E-state index is 4.13. The Bertz CT molecular complexity index is 334. The summed E-state index contributed by atoms with van der Waals surface area (Å²) in [6.45, 7) is 2.28. The Morgan fingerprint density at radius 2 is 2.06 bits per heavy atom. The Kier molecular flexibility index (Phi) is 5.13. The first-order valence-electron chi connectivity index (χ1n) is 6.02. The van der Waals surface area contributed by atoms with Crippen molar-refractivity contribution in [2.24, 2.45) is 0 Å². The molecule has 1 aromatic rings. The SMILES string of the molecule is CCC1SCCSC1C(NC)c1cncnc1. The van der Waals surface area contributed by atoms with Gasteiger partial charge in [0.25, 0.3) is 0 Å². The lowest BCUT2D eigenvalue weighted by atomic mass is 10.0. The molecule has 3 atom stereocenters. The number of nitrogens with zero attached hydrogens (tertiary/aromatic N) is 2. The summed E-state index contributed by atoms with van der Waals surface area (Å²) >= 11 is 4.19. The largest absolute Gasteiger partial charge is 0.312 e. The number of nitrogens with one attached hydrogen (secondary N) is 1. The molecule has 17 heavy (non-hydrogen) atoms. The normalized spacial score (nSPS) is 26.7. The molecule has 0 bridgehead atoms. The highest BCUT2D eigenvalue weighted by molar-refractivity contribution is 8.07. The molecule has 3 nitrogen and oxygen atoms in total. The fourth-order valence-electron chi connectivity index (χ4n) is 2.24. The Balaban J connectivity index is 2.16. The van der Waals surface area contributed by atoms with E-state index >= 15 is 0 Å². The van der Waals surface area contributed by atoms with Gasteiger partial charge in [0.05, 0.1) is 0 Å². The third kappa shape index (κ3) is 3.14. The van der Waals surface area contributed by atoms with Crippen LogP contribution in [-0.2, 0) is 0 Å². The second-order valence-corrected chi connectivity index (χ2v) is 6.72. The van der Waals surface area contributed by atoms with Crippen molar-refractivity contribution in [2.75, 3.05) is 18.6 Å². The van der Waals surface area contributed by atoms with E-state index in [9.17, 15) is 0 Å². The zero-order valence-corrected chi connectivity index (χ0v) is 11.9. The topological polar surface area (TPSA) is 37.8 Å². The van der Waals surface area contributed by atoms with E-state index in [0.717, 1.165) is 5.25 Å². The second-order valence-electron chi connectivity index (χ2n) is 4.09. The van der Waals surface area contributed by atoms with Crippen LogP contribution in [0.25, 0.3) is 0 Å². The monoisotopic (exact) mass is 269 g/mol. The summed E-state index contributed by atoms with van der Waals surface area (Å²) in [5, 5.41) is 4.79. The highest BCUT2D eigenvalue weighted by Crippen LogP contribution is 2.39. The van der Waals surface area contributed by atoms with Crippen molar-refractivity contribution >= 4 is 23.5 Å². The Labute approximate surface area is 112 Å². The lowest BCUT2D eigenvalue weighted by Gasteiger charge is -2.35. The van der Waals surface area contributed by atoms with Crippen LogP contribution >= 0.6 is 23.5 Å². The standard InChI is InChI=1S/C12H19N3S2/c1-3-10-12(17-5-4-16-10)11(13-2)9-6-14-8-15-7-9/h6-8,10-13H,3-5H2,1-2H3. The van der Waals surface area contributed by atoms with Gasteiger partial charge in [-0.2, -0.15) is 23.5 Å². The van der Waals surface area contributed by atoms with Crippen LogP contribution in [0.3, 0.4) is 0 Å². The molecule has 1 aliphatic heterocycles. The zero-order chi connectivity index (χ0) is 12.1. The van der Waals surface area contributed by atoms with E-state index in [4.69, 9.17) is 0 Å². The van der Waals surface area contributed by atoms with Crippen molar-refractivity contribution in [3.8, 4) is 0 Å². The summed E-state index contributed by atoms with van der Waals surface area (Å²) < 4.78 is 0. The first-order valence-corrected chi connectivity index (χ1v) is 8.12. The van der Waals surface area contributed by atoms with Crippen molar-refractivity contribution in [2.45, 2.75) is 29.9 Å². The molecule has 1 aliphatic rings. The average Bonchev–Trinajstić information content (AvgIpc) is 2.41. The molecule has 2 rings (SSSR count). The van der Waals surface area contributed by atoms with Gasteiger partial charge < -0.3 is 5.32 Å². The maximum Gasteiger partial charge on any atom is 0.115 e. The van der Waals surface area contributed by atoms with Gasteiger partial charge >= 0.3 is 0 Å². The molecule has 0 spiro atoms. The molecule has 1 N–H and O–H groups in total. The molecule has 1 fully saturated rings. The summed E-state index contributed by atoms with van der Waals surface area (Å²) in [5.74, 6) is 2.53. The second kappa shape index (κ2) is 6.61. The van der Waals surface area contributed by atoms with E-state index in [0.29, 0.717) is 11.3 Å². The van der Waals surface area contributed by atoms with E-state index < -0.39 is 0 Å². The average molecular weight is 269 g/mol. The predicted molar refractivity (Wildman–Crippen MR) is 76.6 cm³/mol. The predicted octanol–water partition coefficient (Wildman–Crippen LogP) is 2.36. The third-order valence-electron chi connectivity index (χ3n) is 3.07. The number of aromatic nitrogens is 2.